The van der Waals surface area contributed by atoms with Gasteiger partial charge >= 0.3 is 5.97 Å². The fourth-order valence-corrected chi connectivity index (χ4v) is 1.66. The van der Waals surface area contributed by atoms with Gasteiger partial charge in [0.2, 0.25) is 0 Å². The van der Waals surface area contributed by atoms with E-state index in [9.17, 15) is 4.79 Å². The Morgan fingerprint density at radius 3 is 2.91 bits per heavy atom. The van der Waals surface area contributed by atoms with Crippen molar-refractivity contribution in [2.75, 3.05) is 5.88 Å². The van der Waals surface area contributed by atoms with Crippen molar-refractivity contribution in [3.05, 3.63) is 0 Å². The molecule has 2 fully saturated rings. The summed E-state index contributed by atoms with van der Waals surface area (Å²) in [6.07, 6.45) is 0.812. The van der Waals surface area contributed by atoms with Gasteiger partial charge < -0.3 is 9.47 Å². The maximum Gasteiger partial charge on any atom is 0.318 e. The Morgan fingerprint density at radius 1 is 1.73 bits per heavy atom. The van der Waals surface area contributed by atoms with Crippen molar-refractivity contribution in [2.24, 2.45) is 5.92 Å². The Labute approximate surface area is 69.6 Å². The van der Waals surface area contributed by atoms with E-state index in [1.54, 1.807) is 0 Å². The fraction of sp³-hybridized carbons (Fsp3) is 0.857. The van der Waals surface area contributed by atoms with Gasteiger partial charge in [0.25, 0.3) is 5.79 Å². The Balaban J connectivity index is 1.93. The number of esters is 1. The summed E-state index contributed by atoms with van der Waals surface area (Å²) in [6.45, 7) is 1.82. The zero-order chi connectivity index (χ0) is 8.06. The first-order valence-electron chi connectivity index (χ1n) is 3.67. The van der Waals surface area contributed by atoms with E-state index in [-0.39, 0.29) is 18.0 Å². The van der Waals surface area contributed by atoms with Crippen LogP contribution in [0.3, 0.4) is 0 Å². The summed E-state index contributed by atoms with van der Waals surface area (Å²) in [7, 11) is 0. The molecule has 0 aromatic heterocycles. The molecule has 0 saturated carbocycles. The van der Waals surface area contributed by atoms with Crippen molar-refractivity contribution < 1.29 is 14.3 Å². The molecule has 0 aliphatic carbocycles. The van der Waals surface area contributed by atoms with Gasteiger partial charge in [0, 0.05) is 5.88 Å². The van der Waals surface area contributed by atoms with Crippen molar-refractivity contribution in [3.63, 3.8) is 0 Å². The summed E-state index contributed by atoms with van der Waals surface area (Å²) in [4.78, 5) is 10.7. The lowest BCUT2D eigenvalue weighted by Gasteiger charge is -2.29. The molecule has 3 atom stereocenters. The average molecular weight is 177 g/mol. The van der Waals surface area contributed by atoms with Crippen LogP contribution >= 0.6 is 11.6 Å². The predicted molar refractivity (Wildman–Crippen MR) is 38.2 cm³/mol. The summed E-state index contributed by atoms with van der Waals surface area (Å²) in [6, 6.07) is 0. The quantitative estimate of drug-likeness (QED) is 0.357. The van der Waals surface area contributed by atoms with Crippen LogP contribution in [0.4, 0.5) is 0 Å². The van der Waals surface area contributed by atoms with Gasteiger partial charge in [-0.1, -0.05) is 0 Å². The minimum absolute atomic E-state index is 0.0488. The maximum atomic E-state index is 10.7. The maximum absolute atomic E-state index is 10.7. The molecule has 0 N–H and O–H groups in total. The summed E-state index contributed by atoms with van der Waals surface area (Å²) in [5.74, 6) is -0.277. The topological polar surface area (TPSA) is 38.8 Å². The largest absolute Gasteiger partial charge is 0.429 e. The first-order chi connectivity index (χ1) is 5.20. The van der Waals surface area contributed by atoms with Crippen LogP contribution in [0.1, 0.15) is 13.3 Å². The lowest BCUT2D eigenvalue weighted by molar-refractivity contribution is -0.207. The third kappa shape index (κ3) is 0.811. The van der Waals surface area contributed by atoms with E-state index in [4.69, 9.17) is 21.1 Å². The van der Waals surface area contributed by atoms with Crippen molar-refractivity contribution in [2.45, 2.75) is 25.2 Å². The number of alkyl halides is 1. The second kappa shape index (κ2) is 2.11. The molecule has 0 amide bonds. The second-order valence-corrected chi connectivity index (χ2v) is 3.33. The smallest absolute Gasteiger partial charge is 0.318 e. The van der Waals surface area contributed by atoms with Crippen LogP contribution in [0.15, 0.2) is 0 Å². The highest BCUT2D eigenvalue weighted by Crippen LogP contribution is 2.53. The van der Waals surface area contributed by atoms with Gasteiger partial charge in [0.15, 0.2) is 0 Å². The van der Waals surface area contributed by atoms with E-state index in [1.165, 1.54) is 0 Å². The molecule has 62 valence electrons. The number of ether oxygens (including phenoxy) is 2. The molecule has 0 radical (unpaired) electrons. The Hall–Kier alpha value is -0.280. The SMILES string of the molecule is C[C@@H]1C(=O)O[C@@]12O[C@@H]2CCCl. The van der Waals surface area contributed by atoms with Crippen LogP contribution in [-0.4, -0.2) is 23.7 Å². The number of epoxide rings is 1. The zero-order valence-electron chi connectivity index (χ0n) is 6.17. The highest BCUT2D eigenvalue weighted by molar-refractivity contribution is 6.17. The Kier molecular flexibility index (Phi) is 1.41. The van der Waals surface area contributed by atoms with Crippen molar-refractivity contribution in [3.8, 4) is 0 Å². The van der Waals surface area contributed by atoms with Gasteiger partial charge in [0.05, 0.1) is 0 Å². The molecule has 11 heavy (non-hydrogen) atoms. The molecule has 1 spiro atoms. The van der Waals surface area contributed by atoms with Crippen LogP contribution in [0.2, 0.25) is 0 Å². The number of halogens is 1. The van der Waals surface area contributed by atoms with E-state index >= 15 is 0 Å². The highest BCUT2D eigenvalue weighted by atomic mass is 35.5. The van der Waals surface area contributed by atoms with Crippen LogP contribution < -0.4 is 0 Å². The van der Waals surface area contributed by atoms with E-state index in [0.29, 0.717) is 5.88 Å². The van der Waals surface area contributed by atoms with Gasteiger partial charge in [0.1, 0.15) is 12.0 Å². The van der Waals surface area contributed by atoms with Gasteiger partial charge in [-0.2, -0.15) is 0 Å². The van der Waals surface area contributed by atoms with Crippen LogP contribution in [0, 0.1) is 5.92 Å². The number of carbonyl (C=O) groups is 1. The Morgan fingerprint density at radius 2 is 2.45 bits per heavy atom. The molecule has 0 aromatic rings. The standard InChI is InChI=1S/C7H9ClO3/c1-4-6(9)11-7(4)5(10-7)2-3-8/h4-5H,2-3H2,1H3/t4-,5-,7+/m1/s1. The van der Waals surface area contributed by atoms with E-state index in [1.807, 2.05) is 6.92 Å². The Bertz CT molecular complexity index is 206. The minimum Gasteiger partial charge on any atom is -0.429 e. The predicted octanol–water partition coefficient (Wildman–Crippen LogP) is 0.903. The van der Waals surface area contributed by atoms with Crippen LogP contribution in [0.5, 0.6) is 0 Å². The van der Waals surface area contributed by atoms with Crippen LogP contribution in [-0.2, 0) is 14.3 Å². The van der Waals surface area contributed by atoms with Gasteiger partial charge in [-0.3, -0.25) is 4.79 Å². The first-order valence-corrected chi connectivity index (χ1v) is 4.21. The molecule has 0 aromatic carbocycles. The van der Waals surface area contributed by atoms with Gasteiger partial charge in [-0.25, -0.2) is 0 Å². The monoisotopic (exact) mass is 176 g/mol. The number of hydrogen-bond donors (Lipinski definition) is 0. The number of carbonyl (C=O) groups excluding carboxylic acids is 1. The summed E-state index contributed by atoms with van der Waals surface area (Å²) >= 11 is 5.51. The molecule has 0 bridgehead atoms. The van der Waals surface area contributed by atoms with Gasteiger partial charge in [-0.15, -0.1) is 11.6 Å². The van der Waals surface area contributed by atoms with E-state index in [0.717, 1.165) is 6.42 Å². The van der Waals surface area contributed by atoms with Crippen molar-refractivity contribution in [1.82, 2.24) is 0 Å². The third-order valence-electron chi connectivity index (χ3n) is 2.31. The molecule has 2 aliphatic rings. The molecule has 4 heteroatoms. The molecule has 2 rings (SSSR count). The third-order valence-corrected chi connectivity index (χ3v) is 2.52. The second-order valence-electron chi connectivity index (χ2n) is 2.95. The first kappa shape index (κ1) is 7.37. The molecule has 0 unspecified atom stereocenters. The lowest BCUT2D eigenvalue weighted by Crippen LogP contribution is -2.48. The van der Waals surface area contributed by atoms with E-state index < -0.39 is 5.79 Å². The molecule has 2 aliphatic heterocycles. The van der Waals surface area contributed by atoms with Crippen LogP contribution in [0.25, 0.3) is 0 Å². The lowest BCUT2D eigenvalue weighted by atomic mass is 9.95. The van der Waals surface area contributed by atoms with Crippen molar-refractivity contribution >= 4 is 17.6 Å². The number of hydrogen-bond acceptors (Lipinski definition) is 3. The summed E-state index contributed by atoms with van der Waals surface area (Å²) in [5.41, 5.74) is 0. The van der Waals surface area contributed by atoms with Crippen molar-refractivity contribution in [1.29, 1.82) is 0 Å². The zero-order valence-corrected chi connectivity index (χ0v) is 6.93. The molecule has 3 nitrogen and oxygen atoms in total. The normalized spacial score (nSPS) is 46.9. The minimum atomic E-state index is -0.564. The molecular formula is C7H9ClO3. The fourth-order valence-electron chi connectivity index (χ4n) is 1.46. The highest BCUT2D eigenvalue weighted by Gasteiger charge is 2.72. The average Bonchev–Trinajstić information content (AvgIpc) is 2.67. The van der Waals surface area contributed by atoms with E-state index in [2.05, 4.69) is 0 Å². The number of rotatable bonds is 2. The summed E-state index contributed by atoms with van der Waals surface area (Å²) in [5, 5.41) is 0. The summed E-state index contributed by atoms with van der Waals surface area (Å²) < 4.78 is 10.1. The molecule has 2 heterocycles. The molecular weight excluding hydrogens is 168 g/mol. The van der Waals surface area contributed by atoms with Gasteiger partial charge in [-0.05, 0) is 13.3 Å². The molecule has 2 saturated heterocycles.